The Labute approximate surface area is 110 Å². The van der Waals surface area contributed by atoms with Gasteiger partial charge >= 0.3 is 0 Å². The maximum atomic E-state index is 11.9. The molecule has 92 valence electrons. The van der Waals surface area contributed by atoms with Crippen molar-refractivity contribution in [2.24, 2.45) is 5.10 Å². The maximum Gasteiger partial charge on any atom is 0.271 e. The van der Waals surface area contributed by atoms with Crippen LogP contribution in [0.3, 0.4) is 0 Å². The van der Waals surface area contributed by atoms with Crippen LogP contribution in [-0.2, 0) is 0 Å². The number of rotatable bonds is 3. The van der Waals surface area contributed by atoms with Gasteiger partial charge in [0.05, 0.1) is 6.21 Å². The monoisotopic (exact) mass is 258 g/mol. The van der Waals surface area contributed by atoms with E-state index < -0.39 is 0 Å². The zero-order valence-electron chi connectivity index (χ0n) is 10.3. The van der Waals surface area contributed by atoms with Crippen molar-refractivity contribution in [2.45, 2.75) is 13.8 Å². The van der Waals surface area contributed by atoms with Gasteiger partial charge < -0.3 is 0 Å². The molecule has 1 amide bonds. The number of thiophene rings is 1. The molecule has 0 saturated carbocycles. The smallest absolute Gasteiger partial charge is 0.267 e. The van der Waals surface area contributed by atoms with Gasteiger partial charge in [-0.2, -0.15) is 5.10 Å². The Morgan fingerprint density at radius 2 is 2.06 bits per heavy atom. The van der Waals surface area contributed by atoms with E-state index >= 15 is 0 Å². The number of carbonyl (C=O) groups excluding carboxylic acids is 1. The predicted octanol–water partition coefficient (Wildman–Crippen LogP) is 3.13. The lowest BCUT2D eigenvalue weighted by molar-refractivity contribution is 0.0954. The van der Waals surface area contributed by atoms with Gasteiger partial charge in [-0.3, -0.25) is 4.79 Å². The Morgan fingerprint density at radius 3 is 2.72 bits per heavy atom. The fourth-order valence-electron chi connectivity index (χ4n) is 1.58. The van der Waals surface area contributed by atoms with Crippen molar-refractivity contribution in [3.8, 4) is 0 Å². The quantitative estimate of drug-likeness (QED) is 0.667. The molecule has 4 heteroatoms. The third-order valence-corrected chi connectivity index (χ3v) is 3.52. The van der Waals surface area contributed by atoms with E-state index in [-0.39, 0.29) is 5.91 Å². The Morgan fingerprint density at radius 1 is 1.28 bits per heavy atom. The molecule has 3 nitrogen and oxygen atoms in total. The van der Waals surface area contributed by atoms with Gasteiger partial charge in [0.2, 0.25) is 0 Å². The SMILES string of the molecule is Cc1ccccc1C(=O)N/N=C/c1ccsc1C. The van der Waals surface area contributed by atoms with Crippen LogP contribution in [-0.4, -0.2) is 12.1 Å². The van der Waals surface area contributed by atoms with Gasteiger partial charge in [0.1, 0.15) is 0 Å². The first-order chi connectivity index (χ1) is 8.68. The molecule has 2 rings (SSSR count). The molecule has 1 N–H and O–H groups in total. The van der Waals surface area contributed by atoms with E-state index in [1.54, 1.807) is 23.6 Å². The van der Waals surface area contributed by atoms with Gasteiger partial charge in [-0.1, -0.05) is 18.2 Å². The van der Waals surface area contributed by atoms with Crippen molar-refractivity contribution in [1.29, 1.82) is 0 Å². The van der Waals surface area contributed by atoms with Gasteiger partial charge in [-0.05, 0) is 36.9 Å². The van der Waals surface area contributed by atoms with E-state index in [1.165, 1.54) is 4.88 Å². The number of amides is 1. The number of carbonyl (C=O) groups is 1. The highest BCUT2D eigenvalue weighted by Gasteiger charge is 2.06. The minimum absolute atomic E-state index is 0.183. The van der Waals surface area contributed by atoms with Crippen molar-refractivity contribution in [1.82, 2.24) is 5.43 Å². The summed E-state index contributed by atoms with van der Waals surface area (Å²) in [6.45, 7) is 3.93. The highest BCUT2D eigenvalue weighted by molar-refractivity contribution is 7.10. The predicted molar refractivity (Wildman–Crippen MR) is 75.3 cm³/mol. The molecule has 0 aliphatic heterocycles. The Bertz CT molecular complexity index is 587. The molecular formula is C14H14N2OS. The second kappa shape index (κ2) is 5.60. The van der Waals surface area contributed by atoms with Crippen LogP contribution in [0.2, 0.25) is 0 Å². The van der Waals surface area contributed by atoms with Crippen molar-refractivity contribution in [2.75, 3.05) is 0 Å². The zero-order chi connectivity index (χ0) is 13.0. The molecule has 0 aliphatic carbocycles. The highest BCUT2D eigenvalue weighted by Crippen LogP contribution is 2.12. The third kappa shape index (κ3) is 2.84. The molecule has 0 saturated heterocycles. The Hall–Kier alpha value is -1.94. The van der Waals surface area contributed by atoms with Crippen LogP contribution in [0, 0.1) is 13.8 Å². The lowest BCUT2D eigenvalue weighted by atomic mass is 10.1. The van der Waals surface area contributed by atoms with E-state index in [9.17, 15) is 4.79 Å². The van der Waals surface area contributed by atoms with E-state index in [0.29, 0.717) is 5.56 Å². The molecule has 0 bridgehead atoms. The molecule has 0 fully saturated rings. The summed E-state index contributed by atoms with van der Waals surface area (Å²) in [5.74, 6) is -0.183. The van der Waals surface area contributed by atoms with Crippen LogP contribution in [0.4, 0.5) is 0 Å². The lowest BCUT2D eigenvalue weighted by Crippen LogP contribution is -2.18. The van der Waals surface area contributed by atoms with Crippen LogP contribution in [0.1, 0.15) is 26.4 Å². The molecule has 18 heavy (non-hydrogen) atoms. The number of benzene rings is 1. The van der Waals surface area contributed by atoms with Gasteiger partial charge in [0, 0.05) is 16.0 Å². The fourth-order valence-corrected chi connectivity index (χ4v) is 2.25. The van der Waals surface area contributed by atoms with Crippen molar-refractivity contribution in [3.63, 3.8) is 0 Å². The summed E-state index contributed by atoms with van der Waals surface area (Å²) in [4.78, 5) is 13.0. The van der Waals surface area contributed by atoms with Gasteiger partial charge in [-0.25, -0.2) is 5.43 Å². The maximum absolute atomic E-state index is 11.9. The molecular weight excluding hydrogens is 244 g/mol. The largest absolute Gasteiger partial charge is 0.271 e. The Balaban J connectivity index is 2.03. The number of aryl methyl sites for hydroxylation is 2. The van der Waals surface area contributed by atoms with Gasteiger partial charge in [-0.15, -0.1) is 11.3 Å². The molecule has 0 atom stereocenters. The molecule has 0 aliphatic rings. The zero-order valence-corrected chi connectivity index (χ0v) is 11.1. The summed E-state index contributed by atoms with van der Waals surface area (Å²) >= 11 is 1.66. The lowest BCUT2D eigenvalue weighted by Gasteiger charge is -2.02. The summed E-state index contributed by atoms with van der Waals surface area (Å²) in [5, 5.41) is 5.97. The normalized spacial score (nSPS) is 10.8. The van der Waals surface area contributed by atoms with Crippen LogP contribution in [0.15, 0.2) is 40.8 Å². The van der Waals surface area contributed by atoms with Gasteiger partial charge in [0.25, 0.3) is 5.91 Å². The Kier molecular flexibility index (Phi) is 3.89. The second-order valence-corrected chi connectivity index (χ2v) is 5.07. The summed E-state index contributed by atoms with van der Waals surface area (Å²) in [6.07, 6.45) is 1.67. The van der Waals surface area contributed by atoms with Crippen LogP contribution < -0.4 is 5.43 Å². The number of hydrogen-bond acceptors (Lipinski definition) is 3. The molecule has 1 aromatic heterocycles. The van der Waals surface area contributed by atoms with Gasteiger partial charge in [0.15, 0.2) is 0 Å². The molecule has 2 aromatic rings. The first-order valence-corrected chi connectivity index (χ1v) is 6.49. The number of nitrogens with zero attached hydrogens (tertiary/aromatic N) is 1. The molecule has 0 unspecified atom stereocenters. The average Bonchev–Trinajstić information content (AvgIpc) is 2.75. The van der Waals surface area contributed by atoms with Crippen molar-refractivity contribution in [3.05, 3.63) is 57.3 Å². The van der Waals surface area contributed by atoms with E-state index in [1.807, 2.05) is 43.5 Å². The fraction of sp³-hybridized carbons (Fsp3) is 0.143. The van der Waals surface area contributed by atoms with Crippen molar-refractivity contribution >= 4 is 23.5 Å². The molecule has 0 spiro atoms. The summed E-state index contributed by atoms with van der Waals surface area (Å²) < 4.78 is 0. The first-order valence-electron chi connectivity index (χ1n) is 5.61. The van der Waals surface area contributed by atoms with E-state index in [0.717, 1.165) is 11.1 Å². The summed E-state index contributed by atoms with van der Waals surface area (Å²) in [7, 11) is 0. The van der Waals surface area contributed by atoms with Crippen LogP contribution in [0.25, 0.3) is 0 Å². The molecule has 1 aromatic carbocycles. The summed E-state index contributed by atoms with van der Waals surface area (Å²) in [6, 6.07) is 9.42. The minimum Gasteiger partial charge on any atom is -0.267 e. The minimum atomic E-state index is -0.183. The summed E-state index contributed by atoms with van der Waals surface area (Å²) in [5.41, 5.74) is 5.16. The van der Waals surface area contributed by atoms with E-state index in [2.05, 4.69) is 10.5 Å². The van der Waals surface area contributed by atoms with E-state index in [4.69, 9.17) is 0 Å². The van der Waals surface area contributed by atoms with Crippen LogP contribution in [0.5, 0.6) is 0 Å². The average molecular weight is 258 g/mol. The third-order valence-electron chi connectivity index (χ3n) is 2.66. The standard InChI is InChI=1S/C14H14N2OS/c1-10-5-3-4-6-13(10)14(17)16-15-9-12-7-8-18-11(12)2/h3-9H,1-2H3,(H,16,17)/b15-9+. The van der Waals surface area contributed by atoms with Crippen LogP contribution >= 0.6 is 11.3 Å². The number of hydrogen-bond donors (Lipinski definition) is 1. The van der Waals surface area contributed by atoms with Crippen molar-refractivity contribution < 1.29 is 4.79 Å². The number of nitrogens with one attached hydrogen (secondary N) is 1. The second-order valence-electron chi connectivity index (χ2n) is 3.95. The highest BCUT2D eigenvalue weighted by atomic mass is 32.1. The first kappa shape index (κ1) is 12.5. The molecule has 0 radical (unpaired) electrons. The molecule has 1 heterocycles. The topological polar surface area (TPSA) is 41.5 Å². The number of hydrazone groups is 1.